The van der Waals surface area contributed by atoms with Gasteiger partial charge in [0.1, 0.15) is 5.60 Å². The number of ether oxygens (including phenoxy) is 1. The summed E-state index contributed by atoms with van der Waals surface area (Å²) in [6.45, 7) is 5.42. The summed E-state index contributed by atoms with van der Waals surface area (Å²) in [5, 5.41) is 12.8. The maximum absolute atomic E-state index is 12.4. The Morgan fingerprint density at radius 3 is 2.46 bits per heavy atom. The van der Waals surface area contributed by atoms with E-state index in [1.807, 2.05) is 13.8 Å². The Morgan fingerprint density at radius 1 is 1.27 bits per heavy atom. The minimum Gasteiger partial charge on any atom is -0.386 e. The molecule has 0 aromatic heterocycles. The highest BCUT2D eigenvalue weighted by Crippen LogP contribution is 2.18. The third-order valence-corrected chi connectivity index (χ3v) is 6.67. The number of benzene rings is 1. The molecule has 2 rings (SSSR count). The topological polar surface area (TPSA) is 95.9 Å². The normalized spacial score (nSPS) is 20.5. The van der Waals surface area contributed by atoms with E-state index in [9.17, 15) is 18.3 Å². The van der Waals surface area contributed by atoms with Gasteiger partial charge in [0.15, 0.2) is 0 Å². The Balaban J connectivity index is 1.86. The minimum atomic E-state index is -3.46. The molecule has 146 valence electrons. The number of carbonyl (C=O) groups is 1. The molecule has 1 aliphatic heterocycles. The van der Waals surface area contributed by atoms with Gasteiger partial charge < -0.3 is 15.2 Å². The lowest BCUT2D eigenvalue weighted by molar-refractivity contribution is -0.122. The number of aryl methyl sites for hydroxylation is 1. The molecule has 0 bridgehead atoms. The molecular formula is C18H28N2O5S. The zero-order valence-electron chi connectivity index (χ0n) is 15.4. The van der Waals surface area contributed by atoms with E-state index in [0.29, 0.717) is 32.5 Å². The lowest BCUT2D eigenvalue weighted by atomic mass is 10.0. The highest BCUT2D eigenvalue weighted by molar-refractivity contribution is 7.89. The average Bonchev–Trinajstić information content (AvgIpc) is 3.06. The molecule has 26 heavy (non-hydrogen) atoms. The van der Waals surface area contributed by atoms with Gasteiger partial charge in [0.2, 0.25) is 15.9 Å². The van der Waals surface area contributed by atoms with E-state index < -0.39 is 15.6 Å². The van der Waals surface area contributed by atoms with Gasteiger partial charge in [-0.25, -0.2) is 8.42 Å². The molecule has 1 aromatic rings. The molecule has 1 heterocycles. The second-order valence-electron chi connectivity index (χ2n) is 6.54. The van der Waals surface area contributed by atoms with Gasteiger partial charge in [0.05, 0.1) is 11.5 Å². The number of nitrogens with one attached hydrogen (secondary N) is 1. The van der Waals surface area contributed by atoms with Crippen molar-refractivity contribution in [2.75, 3.05) is 32.8 Å². The first-order valence-corrected chi connectivity index (χ1v) is 10.4. The number of aliphatic hydroxyl groups is 1. The van der Waals surface area contributed by atoms with Gasteiger partial charge in [-0.15, -0.1) is 0 Å². The van der Waals surface area contributed by atoms with Crippen molar-refractivity contribution in [3.05, 3.63) is 29.8 Å². The van der Waals surface area contributed by atoms with Crippen molar-refractivity contribution >= 4 is 15.9 Å². The Morgan fingerprint density at radius 2 is 1.92 bits per heavy atom. The van der Waals surface area contributed by atoms with Crippen molar-refractivity contribution in [3.63, 3.8) is 0 Å². The Bertz CT molecular complexity index is 693. The Labute approximate surface area is 155 Å². The molecule has 0 spiro atoms. The number of hydrogen-bond donors (Lipinski definition) is 2. The first kappa shape index (κ1) is 20.8. The van der Waals surface area contributed by atoms with Gasteiger partial charge in [-0.3, -0.25) is 4.79 Å². The fraction of sp³-hybridized carbons (Fsp3) is 0.611. The van der Waals surface area contributed by atoms with Crippen molar-refractivity contribution in [3.8, 4) is 0 Å². The quantitative estimate of drug-likeness (QED) is 0.660. The van der Waals surface area contributed by atoms with E-state index in [0.717, 1.165) is 5.56 Å². The summed E-state index contributed by atoms with van der Waals surface area (Å²) in [5.41, 5.74) is -0.0719. The summed E-state index contributed by atoms with van der Waals surface area (Å²) in [4.78, 5) is 12.2. The summed E-state index contributed by atoms with van der Waals surface area (Å²) >= 11 is 0. The van der Waals surface area contributed by atoms with Crippen LogP contribution in [0.15, 0.2) is 29.2 Å². The molecule has 8 heteroatoms. The van der Waals surface area contributed by atoms with Crippen LogP contribution in [0.5, 0.6) is 0 Å². The van der Waals surface area contributed by atoms with Crippen LogP contribution >= 0.6 is 0 Å². The molecule has 1 amide bonds. The van der Waals surface area contributed by atoms with Crippen molar-refractivity contribution in [1.82, 2.24) is 9.62 Å². The number of rotatable bonds is 9. The minimum absolute atomic E-state index is 0.148. The summed E-state index contributed by atoms with van der Waals surface area (Å²) in [6, 6.07) is 6.64. The molecule has 7 nitrogen and oxygen atoms in total. The number of nitrogens with zero attached hydrogens (tertiary/aromatic N) is 1. The SMILES string of the molecule is CCN(CC)S(=O)(=O)c1ccc(CCC(=O)NCC2(O)CCOC2)cc1. The van der Waals surface area contributed by atoms with Gasteiger partial charge in [0, 0.05) is 39.1 Å². The third kappa shape index (κ3) is 5.26. The van der Waals surface area contributed by atoms with Crippen molar-refractivity contribution in [2.45, 2.75) is 43.6 Å². The predicted molar refractivity (Wildman–Crippen MR) is 98.3 cm³/mol. The van der Waals surface area contributed by atoms with E-state index in [-0.39, 0.29) is 30.4 Å². The monoisotopic (exact) mass is 384 g/mol. The molecule has 0 radical (unpaired) electrons. The molecule has 2 N–H and O–H groups in total. The molecule has 1 saturated heterocycles. The summed E-state index contributed by atoms with van der Waals surface area (Å²) < 4.78 is 31.4. The van der Waals surface area contributed by atoms with Crippen LogP contribution in [0.3, 0.4) is 0 Å². The molecule has 1 aromatic carbocycles. The van der Waals surface area contributed by atoms with E-state index in [1.165, 1.54) is 4.31 Å². The van der Waals surface area contributed by atoms with Gasteiger partial charge >= 0.3 is 0 Å². The molecule has 1 fully saturated rings. The van der Waals surface area contributed by atoms with Crippen LogP contribution in [0.2, 0.25) is 0 Å². The van der Waals surface area contributed by atoms with Crippen LogP contribution in [0, 0.1) is 0 Å². The van der Waals surface area contributed by atoms with Gasteiger partial charge in [-0.2, -0.15) is 4.31 Å². The van der Waals surface area contributed by atoms with Crippen LogP contribution < -0.4 is 5.32 Å². The molecule has 1 atom stereocenters. The van der Waals surface area contributed by atoms with Crippen molar-refractivity contribution < 1.29 is 23.1 Å². The second kappa shape index (κ2) is 8.94. The first-order chi connectivity index (χ1) is 12.3. The summed E-state index contributed by atoms with van der Waals surface area (Å²) in [5.74, 6) is -0.148. The Kier molecular flexibility index (Phi) is 7.16. The molecule has 0 saturated carbocycles. The number of amides is 1. The van der Waals surface area contributed by atoms with E-state index in [2.05, 4.69) is 5.32 Å². The number of hydrogen-bond acceptors (Lipinski definition) is 5. The Hall–Kier alpha value is -1.48. The van der Waals surface area contributed by atoms with Gasteiger partial charge in [0.25, 0.3) is 0 Å². The highest BCUT2D eigenvalue weighted by Gasteiger charge is 2.32. The van der Waals surface area contributed by atoms with Crippen LogP contribution in [0.4, 0.5) is 0 Å². The lowest BCUT2D eigenvalue weighted by Gasteiger charge is -2.20. The molecule has 1 unspecified atom stereocenters. The third-order valence-electron chi connectivity index (χ3n) is 4.60. The summed E-state index contributed by atoms with van der Waals surface area (Å²) in [7, 11) is -3.46. The van der Waals surface area contributed by atoms with E-state index in [1.54, 1.807) is 24.3 Å². The van der Waals surface area contributed by atoms with Crippen molar-refractivity contribution in [2.24, 2.45) is 0 Å². The molecule has 1 aliphatic rings. The molecular weight excluding hydrogens is 356 g/mol. The van der Waals surface area contributed by atoms with Crippen LogP contribution in [0.25, 0.3) is 0 Å². The fourth-order valence-electron chi connectivity index (χ4n) is 2.89. The van der Waals surface area contributed by atoms with Gasteiger partial charge in [-0.1, -0.05) is 26.0 Å². The van der Waals surface area contributed by atoms with Gasteiger partial charge in [-0.05, 0) is 24.1 Å². The summed E-state index contributed by atoms with van der Waals surface area (Å²) in [6.07, 6.45) is 1.31. The van der Waals surface area contributed by atoms with Crippen molar-refractivity contribution in [1.29, 1.82) is 0 Å². The smallest absolute Gasteiger partial charge is 0.243 e. The maximum atomic E-state index is 12.4. The first-order valence-electron chi connectivity index (χ1n) is 8.96. The molecule has 0 aliphatic carbocycles. The average molecular weight is 384 g/mol. The van der Waals surface area contributed by atoms with Crippen LogP contribution in [-0.2, 0) is 26.0 Å². The lowest BCUT2D eigenvalue weighted by Crippen LogP contribution is -2.43. The largest absolute Gasteiger partial charge is 0.386 e. The van der Waals surface area contributed by atoms with E-state index >= 15 is 0 Å². The maximum Gasteiger partial charge on any atom is 0.243 e. The standard InChI is InChI=1S/C18H28N2O5S/c1-3-20(4-2)26(23,24)16-8-5-15(6-9-16)7-10-17(21)19-13-18(22)11-12-25-14-18/h5-6,8-9,22H,3-4,7,10-14H2,1-2H3,(H,19,21). The van der Waals surface area contributed by atoms with E-state index in [4.69, 9.17) is 4.74 Å². The fourth-order valence-corrected chi connectivity index (χ4v) is 4.34. The number of sulfonamides is 1. The van der Waals surface area contributed by atoms with Crippen LogP contribution in [-0.4, -0.2) is 62.2 Å². The highest BCUT2D eigenvalue weighted by atomic mass is 32.2. The zero-order chi connectivity index (χ0) is 19.2. The van der Waals surface area contributed by atoms with Crippen LogP contribution in [0.1, 0.15) is 32.3 Å². The number of carbonyl (C=O) groups excluding carboxylic acids is 1. The zero-order valence-corrected chi connectivity index (χ0v) is 16.2. The second-order valence-corrected chi connectivity index (χ2v) is 8.47. The predicted octanol–water partition coefficient (Wildman–Crippen LogP) is 0.917.